The Morgan fingerprint density at radius 2 is 2.04 bits per heavy atom. The van der Waals surface area contributed by atoms with Gasteiger partial charge in [-0.3, -0.25) is 4.79 Å². The molecule has 9 heteroatoms. The van der Waals surface area contributed by atoms with E-state index >= 15 is 0 Å². The zero-order valence-corrected chi connectivity index (χ0v) is 16.7. The van der Waals surface area contributed by atoms with Crippen molar-refractivity contribution in [3.8, 4) is 10.8 Å². The van der Waals surface area contributed by atoms with E-state index < -0.39 is 11.9 Å². The zero-order chi connectivity index (χ0) is 19.2. The van der Waals surface area contributed by atoms with Gasteiger partial charge in [0.2, 0.25) is 0 Å². The molecule has 1 N–H and O–H groups in total. The third-order valence-electron chi connectivity index (χ3n) is 3.38. The van der Waals surface area contributed by atoms with Crippen LogP contribution in [-0.4, -0.2) is 33.4 Å². The van der Waals surface area contributed by atoms with E-state index in [1.54, 1.807) is 42.0 Å². The lowest BCUT2D eigenvalue weighted by Gasteiger charge is -2.10. The Hall–Kier alpha value is -2.65. The van der Waals surface area contributed by atoms with Crippen molar-refractivity contribution in [3.05, 3.63) is 57.8 Å². The first-order valence-electron chi connectivity index (χ1n) is 8.09. The highest BCUT2D eigenvalue weighted by Crippen LogP contribution is 2.24. The van der Waals surface area contributed by atoms with E-state index in [4.69, 9.17) is 4.74 Å². The number of aromatic nitrogens is 3. The van der Waals surface area contributed by atoms with E-state index in [-0.39, 0.29) is 11.3 Å². The van der Waals surface area contributed by atoms with Crippen LogP contribution in [0.5, 0.6) is 0 Å². The van der Waals surface area contributed by atoms with Crippen molar-refractivity contribution in [2.45, 2.75) is 13.3 Å². The monoisotopic (exact) mass is 446 g/mol. The van der Waals surface area contributed by atoms with Gasteiger partial charge < -0.3 is 10.1 Å². The molecule has 0 saturated heterocycles. The molecular weight excluding hydrogens is 432 g/mol. The standard InChI is InChI=1S/C18H15BrN4O3S/c1-2-8-26-18(25)12-9-11(19)4-5-13(12)22-16(24)14-10-27-17(23-14)15-20-6-3-7-21-15/h3-7,9-10H,2,8H2,1H3,(H,22,24). The average Bonchev–Trinajstić information content (AvgIpc) is 3.18. The van der Waals surface area contributed by atoms with Gasteiger partial charge in [-0.05, 0) is 30.7 Å². The predicted molar refractivity (Wildman–Crippen MR) is 106 cm³/mol. The van der Waals surface area contributed by atoms with Crippen molar-refractivity contribution < 1.29 is 14.3 Å². The lowest BCUT2D eigenvalue weighted by molar-refractivity contribution is 0.0506. The number of nitrogens with zero attached hydrogens (tertiary/aromatic N) is 3. The fourth-order valence-corrected chi connectivity index (χ4v) is 3.25. The number of rotatable bonds is 6. The maximum Gasteiger partial charge on any atom is 0.340 e. The Labute approximate surface area is 168 Å². The number of anilines is 1. The summed E-state index contributed by atoms with van der Waals surface area (Å²) < 4.78 is 5.89. The fraction of sp³-hybridized carbons (Fsp3) is 0.167. The summed E-state index contributed by atoms with van der Waals surface area (Å²) in [5.41, 5.74) is 0.848. The number of amides is 1. The molecule has 1 aromatic carbocycles. The van der Waals surface area contributed by atoms with Crippen LogP contribution in [0.1, 0.15) is 34.2 Å². The SMILES string of the molecule is CCCOC(=O)c1cc(Br)ccc1NC(=O)c1csc(-c2ncccn2)n1. The molecule has 0 atom stereocenters. The Bertz CT molecular complexity index is 962. The lowest BCUT2D eigenvalue weighted by Crippen LogP contribution is -2.16. The molecule has 2 heterocycles. The molecule has 7 nitrogen and oxygen atoms in total. The minimum atomic E-state index is -0.495. The Kier molecular flexibility index (Phi) is 6.25. The second-order valence-corrected chi connectivity index (χ2v) is 7.16. The van der Waals surface area contributed by atoms with Gasteiger partial charge in [0.1, 0.15) is 5.69 Å². The van der Waals surface area contributed by atoms with Crippen molar-refractivity contribution in [1.82, 2.24) is 15.0 Å². The largest absolute Gasteiger partial charge is 0.462 e. The highest BCUT2D eigenvalue weighted by atomic mass is 79.9. The van der Waals surface area contributed by atoms with Crippen molar-refractivity contribution in [2.24, 2.45) is 0 Å². The summed E-state index contributed by atoms with van der Waals surface area (Å²) in [7, 11) is 0. The Morgan fingerprint density at radius 3 is 2.78 bits per heavy atom. The number of halogens is 1. The van der Waals surface area contributed by atoms with Crippen LogP contribution < -0.4 is 5.32 Å². The molecule has 0 aliphatic rings. The fourth-order valence-electron chi connectivity index (χ4n) is 2.14. The summed E-state index contributed by atoms with van der Waals surface area (Å²) in [5.74, 6) is -0.473. The van der Waals surface area contributed by atoms with Crippen molar-refractivity contribution in [3.63, 3.8) is 0 Å². The van der Waals surface area contributed by atoms with Gasteiger partial charge in [-0.25, -0.2) is 19.7 Å². The molecule has 0 fully saturated rings. The van der Waals surface area contributed by atoms with Crippen LogP contribution in [0.2, 0.25) is 0 Å². The molecule has 1 amide bonds. The Balaban J connectivity index is 1.80. The van der Waals surface area contributed by atoms with Crippen LogP contribution in [0.3, 0.4) is 0 Å². The summed E-state index contributed by atoms with van der Waals surface area (Å²) in [6, 6.07) is 6.68. The molecule has 2 aromatic heterocycles. The molecule has 0 spiro atoms. The van der Waals surface area contributed by atoms with E-state index in [9.17, 15) is 9.59 Å². The number of hydrogen-bond donors (Lipinski definition) is 1. The third-order valence-corrected chi connectivity index (χ3v) is 4.71. The second kappa shape index (κ2) is 8.83. The molecule has 0 radical (unpaired) electrons. The Morgan fingerprint density at radius 1 is 1.26 bits per heavy atom. The van der Waals surface area contributed by atoms with Gasteiger partial charge in [-0.1, -0.05) is 22.9 Å². The van der Waals surface area contributed by atoms with E-state index in [1.165, 1.54) is 11.3 Å². The molecule has 27 heavy (non-hydrogen) atoms. The number of carbonyl (C=O) groups is 2. The van der Waals surface area contributed by atoms with E-state index in [0.29, 0.717) is 34.0 Å². The van der Waals surface area contributed by atoms with Crippen LogP contribution in [0.15, 0.2) is 46.5 Å². The summed E-state index contributed by atoms with van der Waals surface area (Å²) in [6.45, 7) is 2.22. The summed E-state index contributed by atoms with van der Waals surface area (Å²) in [6.07, 6.45) is 3.93. The first-order chi connectivity index (χ1) is 13.1. The molecule has 0 unspecified atom stereocenters. The van der Waals surface area contributed by atoms with Crippen LogP contribution in [0.4, 0.5) is 5.69 Å². The van der Waals surface area contributed by atoms with Gasteiger partial charge in [-0.15, -0.1) is 11.3 Å². The van der Waals surface area contributed by atoms with Crippen LogP contribution in [0, 0.1) is 0 Å². The van der Waals surface area contributed by atoms with Crippen LogP contribution in [-0.2, 0) is 4.74 Å². The highest BCUT2D eigenvalue weighted by molar-refractivity contribution is 9.10. The van der Waals surface area contributed by atoms with E-state index in [0.717, 1.165) is 0 Å². The number of nitrogens with one attached hydrogen (secondary N) is 1. The first-order valence-corrected chi connectivity index (χ1v) is 9.76. The highest BCUT2D eigenvalue weighted by Gasteiger charge is 2.18. The second-order valence-electron chi connectivity index (χ2n) is 5.39. The molecule has 0 saturated carbocycles. The number of thiazole rings is 1. The summed E-state index contributed by atoms with van der Waals surface area (Å²) in [5, 5.41) is 4.88. The number of hydrogen-bond acceptors (Lipinski definition) is 7. The molecule has 138 valence electrons. The normalized spacial score (nSPS) is 10.4. The average molecular weight is 447 g/mol. The topological polar surface area (TPSA) is 94.1 Å². The van der Waals surface area contributed by atoms with Gasteiger partial charge in [-0.2, -0.15) is 0 Å². The lowest BCUT2D eigenvalue weighted by atomic mass is 10.1. The van der Waals surface area contributed by atoms with Gasteiger partial charge >= 0.3 is 5.97 Å². The smallest absolute Gasteiger partial charge is 0.340 e. The summed E-state index contributed by atoms with van der Waals surface area (Å²) in [4.78, 5) is 37.3. The summed E-state index contributed by atoms with van der Waals surface area (Å²) >= 11 is 4.60. The van der Waals surface area contributed by atoms with Gasteiger partial charge in [0, 0.05) is 22.2 Å². The first kappa shape index (κ1) is 19.1. The zero-order valence-electron chi connectivity index (χ0n) is 14.3. The third kappa shape index (κ3) is 4.75. The van der Waals surface area contributed by atoms with Crippen molar-refractivity contribution in [2.75, 3.05) is 11.9 Å². The minimum absolute atomic E-state index is 0.221. The molecule has 0 bridgehead atoms. The van der Waals surface area contributed by atoms with Gasteiger partial charge in [0.25, 0.3) is 5.91 Å². The molecule has 0 aliphatic carbocycles. The number of ether oxygens (including phenoxy) is 1. The molecule has 3 aromatic rings. The number of benzene rings is 1. The van der Waals surface area contributed by atoms with E-state index in [1.807, 2.05) is 6.92 Å². The minimum Gasteiger partial charge on any atom is -0.462 e. The predicted octanol–water partition coefficient (Wildman–Crippen LogP) is 4.18. The quantitative estimate of drug-likeness (QED) is 0.570. The number of esters is 1. The maximum atomic E-state index is 12.6. The van der Waals surface area contributed by atoms with Crippen molar-refractivity contribution >= 4 is 44.8 Å². The number of carbonyl (C=O) groups excluding carboxylic acids is 2. The van der Waals surface area contributed by atoms with Crippen molar-refractivity contribution in [1.29, 1.82) is 0 Å². The van der Waals surface area contributed by atoms with Crippen LogP contribution in [0.25, 0.3) is 10.8 Å². The maximum absolute atomic E-state index is 12.6. The molecule has 3 rings (SSSR count). The van der Waals surface area contributed by atoms with Crippen LogP contribution >= 0.6 is 27.3 Å². The van der Waals surface area contributed by atoms with Gasteiger partial charge in [0.15, 0.2) is 10.8 Å². The molecular formula is C18H15BrN4O3S. The van der Waals surface area contributed by atoms with E-state index in [2.05, 4.69) is 36.2 Å². The molecule has 0 aliphatic heterocycles. The van der Waals surface area contributed by atoms with Gasteiger partial charge in [0.05, 0.1) is 17.9 Å².